The Morgan fingerprint density at radius 3 is 1.52 bits per heavy atom. The zero-order chi connectivity index (χ0) is 33.4. The molecule has 2 atom stereocenters. The second kappa shape index (κ2) is 24.1. The Kier molecular flexibility index (Phi) is 22.9. The van der Waals surface area contributed by atoms with Crippen LogP contribution in [0.2, 0.25) is 26.2 Å². The third-order valence-electron chi connectivity index (χ3n) is 6.70. The Bertz CT molecular complexity index is 838. The van der Waals surface area contributed by atoms with Crippen molar-refractivity contribution in [1.82, 2.24) is 26.6 Å². The van der Waals surface area contributed by atoms with Crippen LogP contribution in [0.4, 0.5) is 14.4 Å². The monoisotopic (exact) mass is 655 g/mol. The standard InChI is InChI=1S/C30H62BN5O6Si2/c1-9-10-11-12-16-21-33-29(38)40-23-43(5,6)42-44(7,8)24-41-30(39)34-22-17-14-13-15-20-32-28(37)36-26(3)19-18-25(2)35-27(4)31/h25-26,35H,4,9-24H2,1-3,5-8H3,(H,33,38)(H,34,39)(H2,32,36,37). The highest BCUT2D eigenvalue weighted by Gasteiger charge is 2.35. The van der Waals surface area contributed by atoms with Crippen LogP contribution in [0.1, 0.15) is 91.4 Å². The number of carbonyl (C=O) groups excluding carboxylic acids is 3. The molecule has 0 aliphatic carbocycles. The Morgan fingerprint density at radius 1 is 0.682 bits per heavy atom. The van der Waals surface area contributed by atoms with Gasteiger partial charge in [-0.1, -0.05) is 52.0 Å². The fourth-order valence-corrected chi connectivity index (χ4v) is 12.0. The Labute approximate surface area is 270 Å². The number of alkyl carbamates (subject to hydrolysis) is 2. The highest BCUT2D eigenvalue weighted by molar-refractivity contribution is 6.84. The van der Waals surface area contributed by atoms with Gasteiger partial charge in [0.05, 0.1) is 0 Å². The number of amides is 4. The van der Waals surface area contributed by atoms with Gasteiger partial charge < -0.3 is 40.2 Å². The SMILES string of the molecule is [B]C(=C)NC(C)CCC(C)NC(=O)NCCCCCCNC(=O)OC[Si](C)(C)O[Si](C)(C)COC(=O)NCCCCCCC. The largest absolute Gasteiger partial charge is 0.451 e. The maximum Gasteiger partial charge on any atom is 0.406 e. The molecule has 0 saturated heterocycles. The van der Waals surface area contributed by atoms with E-state index in [0.717, 1.165) is 51.4 Å². The van der Waals surface area contributed by atoms with Crippen LogP contribution in [0, 0.1) is 0 Å². The molecule has 2 unspecified atom stereocenters. The van der Waals surface area contributed by atoms with Crippen LogP contribution in [0.15, 0.2) is 12.2 Å². The van der Waals surface area contributed by atoms with E-state index < -0.39 is 28.8 Å². The first-order valence-electron chi connectivity index (χ1n) is 16.4. The molecule has 4 amide bonds. The Hall–Kier alpha value is -2.19. The average Bonchev–Trinajstić information content (AvgIpc) is 2.92. The van der Waals surface area contributed by atoms with Crippen LogP contribution in [-0.4, -0.2) is 86.9 Å². The molecule has 44 heavy (non-hydrogen) atoms. The second-order valence-electron chi connectivity index (χ2n) is 12.9. The number of rotatable bonds is 25. The van der Waals surface area contributed by atoms with Crippen molar-refractivity contribution in [3.8, 4) is 0 Å². The zero-order valence-electron chi connectivity index (χ0n) is 28.7. The second-order valence-corrected chi connectivity index (χ2v) is 21.3. The van der Waals surface area contributed by atoms with Crippen LogP contribution in [0.5, 0.6) is 0 Å². The summed E-state index contributed by atoms with van der Waals surface area (Å²) in [6, 6.07) is 0.111. The van der Waals surface area contributed by atoms with Gasteiger partial charge in [-0.2, -0.15) is 0 Å². The first-order chi connectivity index (χ1) is 20.7. The van der Waals surface area contributed by atoms with Crippen molar-refractivity contribution < 1.29 is 28.0 Å². The lowest BCUT2D eigenvalue weighted by molar-refractivity contribution is 0.155. The van der Waals surface area contributed by atoms with E-state index in [0.29, 0.717) is 25.2 Å². The average molecular weight is 656 g/mol. The van der Waals surface area contributed by atoms with E-state index in [1.54, 1.807) is 0 Å². The molecule has 0 aliphatic rings. The first-order valence-corrected chi connectivity index (χ1v) is 22.7. The predicted molar refractivity (Wildman–Crippen MR) is 185 cm³/mol. The summed E-state index contributed by atoms with van der Waals surface area (Å²) in [4.78, 5) is 36.3. The van der Waals surface area contributed by atoms with Gasteiger partial charge in [0.25, 0.3) is 0 Å². The van der Waals surface area contributed by atoms with Crippen LogP contribution < -0.4 is 26.6 Å². The summed E-state index contributed by atoms with van der Waals surface area (Å²) in [6.07, 6.45) is 10.6. The predicted octanol–water partition coefficient (Wildman–Crippen LogP) is 5.56. The fourth-order valence-electron chi connectivity index (χ4n) is 4.54. The van der Waals surface area contributed by atoms with Crippen molar-refractivity contribution >= 4 is 42.7 Å². The van der Waals surface area contributed by atoms with E-state index in [-0.39, 0.29) is 30.6 Å². The molecule has 5 N–H and O–H groups in total. The minimum absolute atomic E-state index is 0.0614. The molecule has 0 bridgehead atoms. The Balaban J connectivity index is 3.93. The molecule has 0 heterocycles. The van der Waals surface area contributed by atoms with E-state index in [2.05, 4.69) is 40.1 Å². The third-order valence-corrected chi connectivity index (χ3v) is 12.8. The van der Waals surface area contributed by atoms with Crippen molar-refractivity contribution in [3.63, 3.8) is 0 Å². The van der Waals surface area contributed by atoms with Gasteiger partial charge >= 0.3 is 18.2 Å². The lowest BCUT2D eigenvalue weighted by Gasteiger charge is -2.32. The van der Waals surface area contributed by atoms with E-state index in [1.807, 2.05) is 40.0 Å². The van der Waals surface area contributed by atoms with E-state index in [4.69, 9.17) is 21.4 Å². The quantitative estimate of drug-likeness (QED) is 0.0641. The fraction of sp³-hybridized carbons (Fsp3) is 0.833. The molecule has 0 aromatic rings. The van der Waals surface area contributed by atoms with Gasteiger partial charge in [-0.05, 0) is 77.7 Å². The van der Waals surface area contributed by atoms with Gasteiger partial charge in [0.1, 0.15) is 20.3 Å². The number of nitrogens with one attached hydrogen (secondary N) is 5. The van der Waals surface area contributed by atoms with Crippen LogP contribution in [0.3, 0.4) is 0 Å². The van der Waals surface area contributed by atoms with Crippen molar-refractivity contribution in [2.24, 2.45) is 0 Å². The summed E-state index contributed by atoms with van der Waals surface area (Å²) >= 11 is 0. The van der Waals surface area contributed by atoms with Gasteiger partial charge in [0.2, 0.25) is 16.6 Å². The normalized spacial score (nSPS) is 12.9. The van der Waals surface area contributed by atoms with Crippen LogP contribution >= 0.6 is 0 Å². The molecule has 14 heteroatoms. The molecule has 0 rings (SSSR count). The summed E-state index contributed by atoms with van der Waals surface area (Å²) in [7, 11) is 0.960. The molecule has 254 valence electrons. The van der Waals surface area contributed by atoms with Crippen molar-refractivity contribution in [2.45, 2.75) is 130 Å². The first kappa shape index (κ1) is 41.8. The molecule has 2 radical (unpaired) electrons. The van der Waals surface area contributed by atoms with Crippen molar-refractivity contribution in [2.75, 3.05) is 32.1 Å². The minimum Gasteiger partial charge on any atom is -0.451 e. The zero-order valence-corrected chi connectivity index (χ0v) is 30.7. The van der Waals surface area contributed by atoms with E-state index in [1.165, 1.54) is 19.3 Å². The molecule has 0 aliphatic heterocycles. The molecular formula is C30H62BN5O6Si2. The Morgan fingerprint density at radius 2 is 1.09 bits per heavy atom. The lowest BCUT2D eigenvalue weighted by atomic mass is 10.0. The van der Waals surface area contributed by atoms with Gasteiger partial charge in [-0.15, -0.1) is 0 Å². The summed E-state index contributed by atoms with van der Waals surface area (Å²) in [5, 5.41) is 14.5. The lowest BCUT2D eigenvalue weighted by Crippen LogP contribution is -2.51. The number of hydrogen-bond donors (Lipinski definition) is 5. The molecule has 0 saturated carbocycles. The van der Waals surface area contributed by atoms with Gasteiger partial charge in [-0.3, -0.25) is 0 Å². The summed E-state index contributed by atoms with van der Waals surface area (Å²) < 4.78 is 17.2. The molecule has 11 nitrogen and oxygen atoms in total. The van der Waals surface area contributed by atoms with Gasteiger partial charge in [-0.25, -0.2) is 14.4 Å². The van der Waals surface area contributed by atoms with Gasteiger partial charge in [0.15, 0.2) is 0 Å². The minimum atomic E-state index is -2.31. The van der Waals surface area contributed by atoms with Crippen LogP contribution in [-0.2, 0) is 13.6 Å². The smallest absolute Gasteiger partial charge is 0.406 e. The molecular weight excluding hydrogens is 593 g/mol. The number of carbonyl (C=O) groups is 3. The molecule has 0 fully saturated rings. The topological polar surface area (TPSA) is 139 Å². The molecule has 0 aromatic carbocycles. The van der Waals surface area contributed by atoms with E-state index in [9.17, 15) is 14.4 Å². The number of unbranched alkanes of at least 4 members (excludes halogenated alkanes) is 7. The van der Waals surface area contributed by atoms with Crippen LogP contribution in [0.25, 0.3) is 0 Å². The maximum atomic E-state index is 12.2. The number of urea groups is 1. The van der Waals surface area contributed by atoms with Crippen molar-refractivity contribution in [1.29, 1.82) is 0 Å². The van der Waals surface area contributed by atoms with Crippen molar-refractivity contribution in [3.05, 3.63) is 12.2 Å². The summed E-state index contributed by atoms with van der Waals surface area (Å²) in [5.74, 6) is 0. The highest BCUT2D eigenvalue weighted by atomic mass is 28.4. The van der Waals surface area contributed by atoms with E-state index >= 15 is 0 Å². The van der Waals surface area contributed by atoms with Gasteiger partial charge in [0, 0.05) is 31.7 Å². The molecule has 0 spiro atoms. The number of hydrogen-bond acceptors (Lipinski definition) is 7. The summed E-state index contributed by atoms with van der Waals surface area (Å²) in [6.45, 7) is 19.6. The summed E-state index contributed by atoms with van der Waals surface area (Å²) in [5.41, 5.74) is 0.453. The maximum absolute atomic E-state index is 12.2. The highest BCUT2D eigenvalue weighted by Crippen LogP contribution is 2.15. The number of ether oxygens (including phenoxy) is 2. The third kappa shape index (κ3) is 26.2. The molecule has 0 aromatic heterocycles.